The summed E-state index contributed by atoms with van der Waals surface area (Å²) in [7, 11) is 0. The van der Waals surface area contributed by atoms with E-state index in [1.54, 1.807) is 20.8 Å². The Morgan fingerprint density at radius 3 is 2.48 bits per heavy atom. The molecule has 3 unspecified atom stereocenters. The van der Waals surface area contributed by atoms with Gasteiger partial charge in [-0.3, -0.25) is 19.4 Å². The minimum absolute atomic E-state index is 0.0411. The molecule has 3 atom stereocenters. The Kier molecular flexibility index (Phi) is 11.0. The van der Waals surface area contributed by atoms with Crippen LogP contribution >= 0.6 is 11.5 Å². The number of benzene rings is 1. The van der Waals surface area contributed by atoms with Gasteiger partial charge in [0.2, 0.25) is 17.6 Å². The summed E-state index contributed by atoms with van der Waals surface area (Å²) >= 11 is 0.517. The number of hydrogen-bond acceptors (Lipinski definition) is 8. The van der Waals surface area contributed by atoms with Gasteiger partial charge in [0, 0.05) is 22.9 Å². The zero-order valence-electron chi connectivity index (χ0n) is 25.5. The van der Waals surface area contributed by atoms with Crippen LogP contribution in [-0.2, 0) is 14.3 Å². The van der Waals surface area contributed by atoms with Crippen molar-refractivity contribution in [3.63, 3.8) is 0 Å². The number of halogens is 2. The van der Waals surface area contributed by atoms with E-state index in [1.165, 1.54) is 12.2 Å². The van der Waals surface area contributed by atoms with Crippen LogP contribution in [0.2, 0.25) is 0 Å². The monoisotopic (exact) mass is 625 g/mol. The van der Waals surface area contributed by atoms with Crippen LogP contribution in [0, 0.1) is 12.8 Å². The zero-order valence-corrected chi connectivity index (χ0v) is 26.3. The number of H-pyrrole nitrogens is 1. The number of carbonyl (C=O) groups is 2. The number of aryl methyl sites for hydroxylation is 1. The van der Waals surface area contributed by atoms with E-state index in [9.17, 15) is 23.2 Å². The lowest BCUT2D eigenvalue weighted by Crippen LogP contribution is -2.27. The lowest BCUT2D eigenvalue weighted by atomic mass is 10.0. The molecule has 0 aliphatic heterocycles. The first-order valence-electron chi connectivity index (χ1n) is 13.9. The number of ketones is 1. The van der Waals surface area contributed by atoms with Crippen molar-refractivity contribution in [2.75, 3.05) is 0 Å². The second kappa shape index (κ2) is 14.3. The molecule has 234 valence electrons. The summed E-state index contributed by atoms with van der Waals surface area (Å²) in [5, 5.41) is 5.45. The molecule has 1 fully saturated rings. The van der Waals surface area contributed by atoms with Crippen LogP contribution in [-0.4, -0.2) is 27.0 Å². The summed E-state index contributed by atoms with van der Waals surface area (Å²) in [6.45, 7) is 14.2. The maximum atomic E-state index is 14.6. The predicted molar refractivity (Wildman–Crippen MR) is 166 cm³/mol. The van der Waals surface area contributed by atoms with Crippen molar-refractivity contribution in [2.45, 2.75) is 65.9 Å². The van der Waals surface area contributed by atoms with Crippen LogP contribution in [0.4, 0.5) is 8.78 Å². The topological polar surface area (TPSA) is 139 Å². The predicted octanol–water partition coefficient (Wildman–Crippen LogP) is 5.54. The summed E-state index contributed by atoms with van der Waals surface area (Å²) in [5.41, 5.74) is 12.0. The number of nitrogens with two attached hydrogens (primary N) is 1. The molecule has 0 saturated heterocycles. The standard InChI is InChI=1S/C32H37F2N5O4S/c1-8-12-18(4)23(36-30(41)26-25(32(26,33)34)29-38-31(42)44-39-29)16-15-19(5)28(40)27(20(6)35)37-24(9-2)43-21(7)22-14-11-10-13-17(22)3/h10-16,21,25-26,37H,2,8,35H2,1,3-7H3,(H,36,41)(H,38,39,42)/b18-12+,19-15+,23-16+,27-20+. The van der Waals surface area contributed by atoms with E-state index in [0.29, 0.717) is 23.5 Å². The van der Waals surface area contributed by atoms with Crippen molar-refractivity contribution in [3.05, 3.63) is 116 Å². The van der Waals surface area contributed by atoms with Crippen LogP contribution in [0.25, 0.3) is 0 Å². The lowest BCUT2D eigenvalue weighted by molar-refractivity contribution is -0.123. The first-order valence-corrected chi connectivity index (χ1v) is 14.7. The van der Waals surface area contributed by atoms with E-state index in [-0.39, 0.29) is 40.5 Å². The van der Waals surface area contributed by atoms with Gasteiger partial charge in [-0.05, 0) is 69.4 Å². The van der Waals surface area contributed by atoms with Gasteiger partial charge in [-0.15, -0.1) is 0 Å². The fourth-order valence-corrected chi connectivity index (χ4v) is 5.09. The second-order valence-corrected chi connectivity index (χ2v) is 11.2. The Labute approximate surface area is 259 Å². The molecular formula is C32H37F2N5O4S. The van der Waals surface area contributed by atoms with Crippen molar-refractivity contribution in [1.29, 1.82) is 0 Å². The largest absolute Gasteiger partial charge is 0.465 e. The van der Waals surface area contributed by atoms with Gasteiger partial charge < -0.3 is 21.1 Å². The number of aromatic amines is 1. The molecule has 0 spiro atoms. The number of nitrogens with one attached hydrogen (secondary N) is 3. The fraction of sp³-hybridized carbons (Fsp3) is 0.344. The summed E-state index contributed by atoms with van der Waals surface area (Å²) in [6.07, 6.45) is 4.98. The minimum Gasteiger partial charge on any atom is -0.465 e. The fourth-order valence-electron chi connectivity index (χ4n) is 4.59. The number of Topliss-reactive ketones (excluding diaryl/α,β-unsaturated/α-hetero) is 1. The highest BCUT2D eigenvalue weighted by Gasteiger charge is 2.74. The number of amides is 1. The van der Waals surface area contributed by atoms with Gasteiger partial charge in [-0.2, -0.15) is 4.37 Å². The van der Waals surface area contributed by atoms with Crippen LogP contribution in [0.5, 0.6) is 0 Å². The highest BCUT2D eigenvalue weighted by Crippen LogP contribution is 2.60. The number of carbonyl (C=O) groups excluding carboxylic acids is 2. The summed E-state index contributed by atoms with van der Waals surface area (Å²) in [6, 6.07) is 7.73. The quantitative estimate of drug-likeness (QED) is 0.0992. The number of ether oxygens (including phenoxy) is 1. The molecule has 1 saturated carbocycles. The lowest BCUT2D eigenvalue weighted by Gasteiger charge is -2.20. The highest BCUT2D eigenvalue weighted by molar-refractivity contribution is 7.02. The van der Waals surface area contributed by atoms with Gasteiger partial charge in [0.25, 0.3) is 5.92 Å². The maximum Gasteiger partial charge on any atom is 0.323 e. The molecule has 5 N–H and O–H groups in total. The Hall–Kier alpha value is -4.54. The van der Waals surface area contributed by atoms with Crippen LogP contribution in [0.1, 0.15) is 70.0 Å². The smallest absolute Gasteiger partial charge is 0.323 e. The molecule has 44 heavy (non-hydrogen) atoms. The van der Waals surface area contributed by atoms with Crippen molar-refractivity contribution < 1.29 is 23.1 Å². The molecule has 1 heterocycles. The average molecular weight is 626 g/mol. The number of allylic oxidation sites excluding steroid dienone is 6. The number of alkyl halides is 2. The van der Waals surface area contributed by atoms with Gasteiger partial charge in [0.1, 0.15) is 29.5 Å². The first kappa shape index (κ1) is 34.0. The van der Waals surface area contributed by atoms with Crippen molar-refractivity contribution in [3.8, 4) is 0 Å². The SMILES string of the molecule is C=C=C(N/C(C(=O)/C(C)=C/C=C(NC(=O)C1C(c2nsc(=O)[nH]2)C1(F)F)\C(C)=C\CC)=C(\C)N)OC(C)c1ccccc1C. The summed E-state index contributed by atoms with van der Waals surface area (Å²) < 4.78 is 38.8. The molecule has 2 aromatic rings. The first-order chi connectivity index (χ1) is 20.7. The average Bonchev–Trinajstić information content (AvgIpc) is 3.30. The van der Waals surface area contributed by atoms with E-state index in [4.69, 9.17) is 10.5 Å². The Morgan fingerprint density at radius 1 is 1.23 bits per heavy atom. The van der Waals surface area contributed by atoms with Crippen LogP contribution in [0.15, 0.2) is 93.7 Å². The second-order valence-electron chi connectivity index (χ2n) is 10.5. The summed E-state index contributed by atoms with van der Waals surface area (Å²) in [4.78, 5) is 39.5. The van der Waals surface area contributed by atoms with Crippen molar-refractivity contribution in [1.82, 2.24) is 20.0 Å². The minimum atomic E-state index is -3.37. The van der Waals surface area contributed by atoms with Crippen LogP contribution < -0.4 is 21.2 Å². The molecule has 1 amide bonds. The number of hydrogen-bond donors (Lipinski definition) is 4. The molecular weight excluding hydrogens is 588 g/mol. The number of rotatable bonds is 13. The number of nitrogens with zero attached hydrogens (tertiary/aromatic N) is 1. The number of aromatic nitrogens is 2. The molecule has 9 nitrogen and oxygen atoms in total. The van der Waals surface area contributed by atoms with Gasteiger partial charge >= 0.3 is 4.87 Å². The molecule has 3 rings (SSSR count). The van der Waals surface area contributed by atoms with Gasteiger partial charge in [-0.1, -0.05) is 55.7 Å². The third-order valence-corrected chi connectivity index (χ3v) is 7.64. The van der Waals surface area contributed by atoms with E-state index in [2.05, 4.69) is 32.3 Å². The molecule has 1 aliphatic carbocycles. The highest BCUT2D eigenvalue weighted by atomic mass is 32.1. The molecule has 1 aromatic carbocycles. The Morgan fingerprint density at radius 2 is 1.91 bits per heavy atom. The summed E-state index contributed by atoms with van der Waals surface area (Å²) in [5.74, 6) is -8.09. The molecule has 0 bridgehead atoms. The zero-order chi connectivity index (χ0) is 32.8. The molecule has 12 heteroatoms. The Bertz CT molecular complexity index is 1660. The van der Waals surface area contributed by atoms with Gasteiger partial charge in [0.15, 0.2) is 0 Å². The normalized spacial score (nSPS) is 19.3. The van der Waals surface area contributed by atoms with Crippen LogP contribution in [0.3, 0.4) is 0 Å². The molecule has 1 aliphatic rings. The van der Waals surface area contributed by atoms with Crippen molar-refractivity contribution in [2.24, 2.45) is 11.7 Å². The Balaban J connectivity index is 1.80. The van der Waals surface area contributed by atoms with Crippen molar-refractivity contribution >= 4 is 23.2 Å². The third kappa shape index (κ3) is 7.89. The molecule has 1 aromatic heterocycles. The maximum absolute atomic E-state index is 14.6. The van der Waals surface area contributed by atoms with Gasteiger partial charge in [0.05, 0.1) is 0 Å². The van der Waals surface area contributed by atoms with E-state index < -0.39 is 34.3 Å². The van der Waals surface area contributed by atoms with Gasteiger partial charge in [-0.25, -0.2) is 8.78 Å². The third-order valence-electron chi connectivity index (χ3n) is 7.08. The van der Waals surface area contributed by atoms with E-state index in [0.717, 1.165) is 11.1 Å². The van der Waals surface area contributed by atoms with E-state index in [1.807, 2.05) is 51.1 Å². The molecule has 0 radical (unpaired) electrons. The van der Waals surface area contributed by atoms with E-state index >= 15 is 0 Å².